The number of rotatable bonds is 7. The Bertz CT molecular complexity index is 581. The number of amides is 2. The molecule has 6 nitrogen and oxygen atoms in total. The second kappa shape index (κ2) is 7.06. The van der Waals surface area contributed by atoms with Gasteiger partial charge in [-0.1, -0.05) is 12.1 Å². The third-order valence-corrected chi connectivity index (χ3v) is 3.62. The number of aliphatic carboxylic acids is 1. The van der Waals surface area contributed by atoms with Crippen molar-refractivity contribution in [2.75, 3.05) is 18.5 Å². The Kier molecular flexibility index (Phi) is 5.14. The first-order valence-corrected chi connectivity index (χ1v) is 7.37. The molecule has 1 saturated carbocycles. The molecule has 1 aromatic carbocycles. The van der Waals surface area contributed by atoms with Crippen LogP contribution in [0.1, 0.15) is 36.0 Å². The first kappa shape index (κ1) is 16.0. The molecule has 1 aliphatic carbocycles. The van der Waals surface area contributed by atoms with Crippen molar-refractivity contribution in [3.63, 3.8) is 0 Å². The fourth-order valence-corrected chi connectivity index (χ4v) is 2.22. The summed E-state index contributed by atoms with van der Waals surface area (Å²) in [5, 5.41) is 11.3. The average Bonchev–Trinajstić information content (AvgIpc) is 3.34. The number of para-hydroxylation sites is 1. The molecule has 0 radical (unpaired) electrons. The minimum absolute atomic E-state index is 0.0159. The van der Waals surface area contributed by atoms with Crippen LogP contribution in [0.5, 0.6) is 0 Å². The smallest absolute Gasteiger partial charge is 0.303 e. The third kappa shape index (κ3) is 4.07. The Morgan fingerprint density at radius 1 is 1.27 bits per heavy atom. The van der Waals surface area contributed by atoms with Crippen molar-refractivity contribution in [3.05, 3.63) is 29.8 Å². The van der Waals surface area contributed by atoms with Crippen LogP contribution in [0.2, 0.25) is 0 Å². The highest BCUT2D eigenvalue weighted by molar-refractivity contribution is 6.05. The van der Waals surface area contributed by atoms with Crippen LogP contribution < -0.4 is 10.2 Å². The van der Waals surface area contributed by atoms with E-state index in [0.29, 0.717) is 24.2 Å². The standard InChI is InChI=1S/C16H20N2O4/c1-18(16(22)11-8-9-11)13-6-3-2-5-12(13)15(21)17-10-4-7-14(19)20/h2-3,5-6,11H,4,7-10H2,1H3,(H,17,21)(H,19,20). The third-order valence-electron chi connectivity index (χ3n) is 3.62. The van der Waals surface area contributed by atoms with Crippen molar-refractivity contribution in [2.24, 2.45) is 5.92 Å². The molecule has 1 aromatic rings. The zero-order valence-corrected chi connectivity index (χ0v) is 12.5. The number of hydrogen-bond acceptors (Lipinski definition) is 3. The summed E-state index contributed by atoms with van der Waals surface area (Å²) in [5.41, 5.74) is 1.00. The average molecular weight is 304 g/mol. The molecule has 0 spiro atoms. The van der Waals surface area contributed by atoms with Gasteiger partial charge in [-0.25, -0.2) is 0 Å². The van der Waals surface area contributed by atoms with Crippen LogP contribution in [0.15, 0.2) is 24.3 Å². The van der Waals surface area contributed by atoms with Crippen molar-refractivity contribution in [1.29, 1.82) is 0 Å². The van der Waals surface area contributed by atoms with Gasteiger partial charge in [0.1, 0.15) is 0 Å². The van der Waals surface area contributed by atoms with Gasteiger partial charge in [-0.15, -0.1) is 0 Å². The molecule has 0 aliphatic heterocycles. The Hall–Kier alpha value is -2.37. The minimum atomic E-state index is -0.885. The molecule has 0 aromatic heterocycles. The summed E-state index contributed by atoms with van der Waals surface area (Å²) in [5.74, 6) is -1.07. The highest BCUT2D eigenvalue weighted by Gasteiger charge is 2.33. The molecule has 2 rings (SSSR count). The number of nitrogens with zero attached hydrogens (tertiary/aromatic N) is 1. The maximum Gasteiger partial charge on any atom is 0.303 e. The van der Waals surface area contributed by atoms with Crippen LogP contribution in [0.25, 0.3) is 0 Å². The molecule has 0 atom stereocenters. The minimum Gasteiger partial charge on any atom is -0.481 e. The van der Waals surface area contributed by atoms with Gasteiger partial charge < -0.3 is 15.3 Å². The van der Waals surface area contributed by atoms with E-state index < -0.39 is 5.97 Å². The van der Waals surface area contributed by atoms with Gasteiger partial charge in [0.05, 0.1) is 11.3 Å². The zero-order valence-electron chi connectivity index (χ0n) is 12.5. The molecule has 1 fully saturated rings. The highest BCUT2D eigenvalue weighted by Crippen LogP contribution is 2.33. The Morgan fingerprint density at radius 3 is 2.59 bits per heavy atom. The van der Waals surface area contributed by atoms with Gasteiger partial charge in [0, 0.05) is 25.9 Å². The van der Waals surface area contributed by atoms with Gasteiger partial charge in [0.2, 0.25) is 5.91 Å². The van der Waals surface area contributed by atoms with Crippen molar-refractivity contribution >= 4 is 23.5 Å². The molecular formula is C16H20N2O4. The molecular weight excluding hydrogens is 284 g/mol. The van der Waals surface area contributed by atoms with E-state index in [-0.39, 0.29) is 24.2 Å². The van der Waals surface area contributed by atoms with Gasteiger partial charge in [-0.05, 0) is 31.4 Å². The summed E-state index contributed by atoms with van der Waals surface area (Å²) in [4.78, 5) is 36.3. The van der Waals surface area contributed by atoms with Crippen molar-refractivity contribution in [3.8, 4) is 0 Å². The molecule has 0 saturated heterocycles. The summed E-state index contributed by atoms with van der Waals surface area (Å²) in [6.07, 6.45) is 2.21. The summed E-state index contributed by atoms with van der Waals surface area (Å²) in [7, 11) is 1.68. The van der Waals surface area contributed by atoms with E-state index in [1.54, 1.807) is 31.3 Å². The zero-order chi connectivity index (χ0) is 16.1. The number of carbonyl (C=O) groups excluding carboxylic acids is 2. The monoisotopic (exact) mass is 304 g/mol. The Balaban J connectivity index is 2.02. The van der Waals surface area contributed by atoms with E-state index in [0.717, 1.165) is 12.8 Å². The maximum absolute atomic E-state index is 12.2. The van der Waals surface area contributed by atoms with Crippen LogP contribution >= 0.6 is 0 Å². The number of carbonyl (C=O) groups is 3. The van der Waals surface area contributed by atoms with Crippen molar-refractivity contribution in [2.45, 2.75) is 25.7 Å². The van der Waals surface area contributed by atoms with Crippen molar-refractivity contribution in [1.82, 2.24) is 5.32 Å². The van der Waals surface area contributed by atoms with Crippen molar-refractivity contribution < 1.29 is 19.5 Å². The fourth-order valence-electron chi connectivity index (χ4n) is 2.22. The number of nitrogens with one attached hydrogen (secondary N) is 1. The molecule has 2 N–H and O–H groups in total. The number of benzene rings is 1. The number of carboxylic acid groups (broad SMARTS) is 1. The first-order chi connectivity index (χ1) is 10.5. The molecule has 118 valence electrons. The number of anilines is 1. The van der Waals surface area contributed by atoms with E-state index in [1.165, 1.54) is 4.90 Å². The Labute approximate surface area is 129 Å². The predicted octanol–water partition coefficient (Wildman–Crippen LogP) is 1.65. The SMILES string of the molecule is CN(C(=O)C1CC1)c1ccccc1C(=O)NCCCC(=O)O. The summed E-state index contributed by atoms with van der Waals surface area (Å²) < 4.78 is 0. The molecule has 1 aliphatic rings. The predicted molar refractivity (Wildman–Crippen MR) is 81.8 cm³/mol. The Morgan fingerprint density at radius 2 is 1.95 bits per heavy atom. The van der Waals surface area contributed by atoms with Gasteiger partial charge in [0.25, 0.3) is 5.91 Å². The van der Waals surface area contributed by atoms with Crippen LogP contribution in [0, 0.1) is 5.92 Å². The lowest BCUT2D eigenvalue weighted by molar-refractivity contribution is -0.137. The topological polar surface area (TPSA) is 86.7 Å². The summed E-state index contributed by atoms with van der Waals surface area (Å²) >= 11 is 0. The maximum atomic E-state index is 12.2. The van der Waals surface area contributed by atoms with Gasteiger partial charge in [-0.3, -0.25) is 14.4 Å². The van der Waals surface area contributed by atoms with Gasteiger partial charge in [-0.2, -0.15) is 0 Å². The quantitative estimate of drug-likeness (QED) is 0.750. The molecule has 0 heterocycles. The van der Waals surface area contributed by atoms with Gasteiger partial charge >= 0.3 is 5.97 Å². The van der Waals surface area contributed by atoms with E-state index >= 15 is 0 Å². The first-order valence-electron chi connectivity index (χ1n) is 7.37. The molecule has 22 heavy (non-hydrogen) atoms. The van der Waals surface area contributed by atoms with E-state index in [2.05, 4.69) is 5.32 Å². The summed E-state index contributed by atoms with van der Waals surface area (Å²) in [6, 6.07) is 6.93. The lowest BCUT2D eigenvalue weighted by Crippen LogP contribution is -2.32. The van der Waals surface area contributed by atoms with Crippen LogP contribution in [0.4, 0.5) is 5.69 Å². The number of hydrogen-bond donors (Lipinski definition) is 2. The van der Waals surface area contributed by atoms with Crippen LogP contribution in [-0.4, -0.2) is 36.5 Å². The van der Waals surface area contributed by atoms with E-state index in [4.69, 9.17) is 5.11 Å². The second-order valence-corrected chi connectivity index (χ2v) is 5.44. The van der Waals surface area contributed by atoms with E-state index in [9.17, 15) is 14.4 Å². The lowest BCUT2D eigenvalue weighted by atomic mass is 10.1. The normalized spacial score (nSPS) is 13.5. The summed E-state index contributed by atoms with van der Waals surface area (Å²) in [6.45, 7) is 0.291. The largest absolute Gasteiger partial charge is 0.481 e. The van der Waals surface area contributed by atoms with Gasteiger partial charge in [0.15, 0.2) is 0 Å². The van der Waals surface area contributed by atoms with Crippen LogP contribution in [-0.2, 0) is 9.59 Å². The van der Waals surface area contributed by atoms with Crippen LogP contribution in [0.3, 0.4) is 0 Å². The highest BCUT2D eigenvalue weighted by atomic mass is 16.4. The van der Waals surface area contributed by atoms with E-state index in [1.807, 2.05) is 0 Å². The second-order valence-electron chi connectivity index (χ2n) is 5.44. The molecule has 2 amide bonds. The molecule has 0 bridgehead atoms. The fraction of sp³-hybridized carbons (Fsp3) is 0.438. The lowest BCUT2D eigenvalue weighted by Gasteiger charge is -2.20. The molecule has 0 unspecified atom stereocenters. The molecule has 6 heteroatoms. The number of carboxylic acids is 1.